The molecule has 0 fully saturated rings. The van der Waals surface area contributed by atoms with E-state index in [1.807, 2.05) is 30.3 Å². The van der Waals surface area contributed by atoms with Crippen LogP contribution in [-0.2, 0) is 19.3 Å². The van der Waals surface area contributed by atoms with Gasteiger partial charge in [0.05, 0.1) is 26.4 Å². The zero-order chi connectivity index (χ0) is 24.0. The second kappa shape index (κ2) is 13.8. The molecule has 0 saturated carbocycles. The smallest absolute Gasteiger partial charge is 0.330 e. The van der Waals surface area contributed by atoms with Crippen molar-refractivity contribution in [2.45, 2.75) is 12.8 Å². The SMILES string of the molecule is C=CCOOCCCOc1ccc(-c2ccc3cc(OCCCOC(=O)C=C)ccc3c2)cc1. The van der Waals surface area contributed by atoms with Gasteiger partial charge in [-0.3, -0.25) is 0 Å². The Bertz CT molecular complexity index is 1070. The van der Waals surface area contributed by atoms with Gasteiger partial charge in [-0.2, -0.15) is 0 Å². The van der Waals surface area contributed by atoms with E-state index < -0.39 is 5.97 Å². The molecule has 0 saturated heterocycles. The van der Waals surface area contributed by atoms with Crippen molar-refractivity contribution in [2.24, 2.45) is 0 Å². The minimum Gasteiger partial charge on any atom is -0.494 e. The molecule has 178 valence electrons. The third-order valence-electron chi connectivity index (χ3n) is 4.88. The maximum atomic E-state index is 11.0. The van der Waals surface area contributed by atoms with Gasteiger partial charge in [0.25, 0.3) is 0 Å². The molecule has 0 atom stereocenters. The van der Waals surface area contributed by atoms with Crippen molar-refractivity contribution in [1.29, 1.82) is 0 Å². The van der Waals surface area contributed by atoms with Crippen LogP contribution in [0.25, 0.3) is 21.9 Å². The summed E-state index contributed by atoms with van der Waals surface area (Å²) >= 11 is 0. The Hall–Kier alpha value is -3.61. The van der Waals surface area contributed by atoms with Gasteiger partial charge >= 0.3 is 5.97 Å². The molecular weight excluding hydrogens is 432 g/mol. The van der Waals surface area contributed by atoms with Gasteiger partial charge < -0.3 is 14.2 Å². The van der Waals surface area contributed by atoms with E-state index in [0.717, 1.165) is 45.9 Å². The molecule has 0 N–H and O–H groups in total. The van der Waals surface area contributed by atoms with Gasteiger partial charge in [-0.15, -0.1) is 6.58 Å². The van der Waals surface area contributed by atoms with Crippen molar-refractivity contribution in [3.63, 3.8) is 0 Å². The van der Waals surface area contributed by atoms with E-state index in [1.165, 1.54) is 0 Å². The summed E-state index contributed by atoms with van der Waals surface area (Å²) in [5.74, 6) is 1.19. The number of rotatable bonds is 15. The van der Waals surface area contributed by atoms with E-state index >= 15 is 0 Å². The van der Waals surface area contributed by atoms with Gasteiger partial charge in [0.2, 0.25) is 0 Å². The van der Waals surface area contributed by atoms with Crippen LogP contribution in [0.5, 0.6) is 11.5 Å². The molecule has 0 aliphatic carbocycles. The van der Waals surface area contributed by atoms with Crippen LogP contribution in [-0.4, -0.2) is 39.0 Å². The van der Waals surface area contributed by atoms with Crippen molar-refractivity contribution in [3.8, 4) is 22.6 Å². The van der Waals surface area contributed by atoms with Gasteiger partial charge in [-0.25, -0.2) is 14.6 Å². The van der Waals surface area contributed by atoms with Gasteiger partial charge in [-0.1, -0.05) is 43.0 Å². The maximum absolute atomic E-state index is 11.0. The highest BCUT2D eigenvalue weighted by Crippen LogP contribution is 2.28. The van der Waals surface area contributed by atoms with Crippen molar-refractivity contribution >= 4 is 16.7 Å². The lowest BCUT2D eigenvalue weighted by Gasteiger charge is -2.10. The highest BCUT2D eigenvalue weighted by atomic mass is 17.2. The number of carbonyl (C=O) groups is 1. The number of ether oxygens (including phenoxy) is 3. The fraction of sp³-hybridized carbons (Fsp3) is 0.250. The predicted molar refractivity (Wildman–Crippen MR) is 133 cm³/mol. The van der Waals surface area contributed by atoms with Crippen LogP contribution >= 0.6 is 0 Å². The molecule has 0 aliphatic heterocycles. The lowest BCUT2D eigenvalue weighted by Crippen LogP contribution is -2.06. The minimum absolute atomic E-state index is 0.311. The first-order valence-corrected chi connectivity index (χ1v) is 11.2. The summed E-state index contributed by atoms with van der Waals surface area (Å²) in [5.41, 5.74) is 2.24. The molecule has 3 rings (SSSR count). The summed E-state index contributed by atoms with van der Waals surface area (Å²) in [4.78, 5) is 20.9. The minimum atomic E-state index is -0.417. The standard InChI is InChI=1S/C28H30O6/c1-3-15-33-34-19-6-17-30-26-12-9-22(10-13-26)23-7-8-25-21-27(14-11-24(25)20-23)31-16-5-18-32-28(29)4-2/h3-4,7-14,20-21H,1-2,5-6,15-19H2. The summed E-state index contributed by atoms with van der Waals surface area (Å²) in [5, 5.41) is 2.22. The van der Waals surface area contributed by atoms with E-state index in [9.17, 15) is 4.79 Å². The molecule has 0 spiro atoms. The third kappa shape index (κ3) is 8.06. The van der Waals surface area contributed by atoms with Crippen LogP contribution < -0.4 is 9.47 Å². The normalized spacial score (nSPS) is 10.6. The highest BCUT2D eigenvalue weighted by Gasteiger charge is 2.04. The molecule has 6 heteroatoms. The second-order valence-corrected chi connectivity index (χ2v) is 7.42. The van der Waals surface area contributed by atoms with E-state index in [2.05, 4.69) is 43.5 Å². The topological polar surface area (TPSA) is 63.2 Å². The number of esters is 1. The van der Waals surface area contributed by atoms with Gasteiger partial charge in [0.15, 0.2) is 0 Å². The summed E-state index contributed by atoms with van der Waals surface area (Å²) in [6.07, 6.45) is 4.14. The van der Waals surface area contributed by atoms with Crippen LogP contribution in [0, 0.1) is 0 Å². The molecule has 0 bridgehead atoms. The fourth-order valence-electron chi connectivity index (χ4n) is 3.18. The maximum Gasteiger partial charge on any atom is 0.330 e. The Morgan fingerprint density at radius 3 is 2.12 bits per heavy atom. The van der Waals surface area contributed by atoms with Crippen LogP contribution in [0.2, 0.25) is 0 Å². The third-order valence-corrected chi connectivity index (χ3v) is 4.88. The van der Waals surface area contributed by atoms with E-state index in [4.69, 9.17) is 24.0 Å². The number of carbonyl (C=O) groups excluding carboxylic acids is 1. The first kappa shape index (κ1) is 25.0. The Morgan fingerprint density at radius 1 is 0.706 bits per heavy atom. The lowest BCUT2D eigenvalue weighted by atomic mass is 10.0. The van der Waals surface area contributed by atoms with Crippen molar-refractivity contribution < 1.29 is 28.8 Å². The summed E-state index contributed by atoms with van der Waals surface area (Å²) in [7, 11) is 0. The molecule has 0 unspecified atom stereocenters. The van der Waals surface area contributed by atoms with Gasteiger partial charge in [0.1, 0.15) is 18.1 Å². The fourth-order valence-corrected chi connectivity index (χ4v) is 3.18. The molecule has 0 aromatic heterocycles. The zero-order valence-corrected chi connectivity index (χ0v) is 19.2. The molecule has 3 aromatic carbocycles. The average molecular weight is 463 g/mol. The van der Waals surface area contributed by atoms with Crippen molar-refractivity contribution in [2.75, 3.05) is 33.0 Å². The van der Waals surface area contributed by atoms with E-state index in [-0.39, 0.29) is 0 Å². The van der Waals surface area contributed by atoms with Crippen LogP contribution in [0.3, 0.4) is 0 Å². The number of fused-ring (bicyclic) bond motifs is 1. The molecule has 0 aliphatic rings. The molecule has 0 heterocycles. The highest BCUT2D eigenvalue weighted by molar-refractivity contribution is 5.88. The lowest BCUT2D eigenvalue weighted by molar-refractivity contribution is -0.287. The summed E-state index contributed by atoms with van der Waals surface area (Å²) in [6, 6.07) is 20.4. The molecule has 34 heavy (non-hydrogen) atoms. The summed E-state index contributed by atoms with van der Waals surface area (Å²) < 4.78 is 16.5. The van der Waals surface area contributed by atoms with Crippen LogP contribution in [0.1, 0.15) is 12.8 Å². The Labute approximate surface area is 200 Å². The molecule has 6 nitrogen and oxygen atoms in total. The Kier molecular flexibility index (Phi) is 10.2. The van der Waals surface area contributed by atoms with Gasteiger partial charge in [0, 0.05) is 18.9 Å². The van der Waals surface area contributed by atoms with E-state index in [0.29, 0.717) is 39.5 Å². The molecular formula is C28H30O6. The van der Waals surface area contributed by atoms with Crippen LogP contribution in [0.4, 0.5) is 0 Å². The molecule has 3 aromatic rings. The average Bonchev–Trinajstić information content (AvgIpc) is 2.87. The van der Waals surface area contributed by atoms with Crippen molar-refractivity contribution in [3.05, 3.63) is 86.0 Å². The number of hydrogen-bond acceptors (Lipinski definition) is 6. The Morgan fingerprint density at radius 2 is 1.35 bits per heavy atom. The number of benzene rings is 3. The van der Waals surface area contributed by atoms with Gasteiger partial charge in [-0.05, 0) is 52.2 Å². The van der Waals surface area contributed by atoms with E-state index in [1.54, 1.807) is 6.08 Å². The zero-order valence-electron chi connectivity index (χ0n) is 19.2. The van der Waals surface area contributed by atoms with Crippen molar-refractivity contribution in [1.82, 2.24) is 0 Å². The molecule has 0 radical (unpaired) electrons. The quantitative estimate of drug-likeness (QED) is 0.0699. The predicted octanol–water partition coefficient (Wildman–Crippen LogP) is 5.91. The number of hydrogen-bond donors (Lipinski definition) is 0. The molecule has 0 amide bonds. The Balaban J connectivity index is 1.49. The van der Waals surface area contributed by atoms with Crippen LogP contribution in [0.15, 0.2) is 86.0 Å². The second-order valence-electron chi connectivity index (χ2n) is 7.42. The summed E-state index contributed by atoms with van der Waals surface area (Å²) in [6.45, 7) is 9.11. The largest absolute Gasteiger partial charge is 0.494 e. The first-order valence-electron chi connectivity index (χ1n) is 11.2. The first-order chi connectivity index (χ1) is 16.7. The monoisotopic (exact) mass is 462 g/mol.